The minimum absolute atomic E-state index is 0.235. The molecule has 0 radical (unpaired) electrons. The van der Waals surface area contributed by atoms with E-state index in [4.69, 9.17) is 18.9 Å². The van der Waals surface area contributed by atoms with Gasteiger partial charge in [-0.1, -0.05) is 43.3 Å². The SMILES string of the molecule is CCc1ccc(Cc2ccc(CO)cc2O[C@@H]2[C@@H](OC(=O)OC(C)C)[C@H](O)[C@@H](CO)O[C@H]2O)cc1. The van der Waals surface area contributed by atoms with E-state index in [9.17, 15) is 25.2 Å². The van der Waals surface area contributed by atoms with Crippen LogP contribution >= 0.6 is 0 Å². The zero-order valence-corrected chi connectivity index (χ0v) is 20.2. The Bertz CT molecular complexity index is 960. The highest BCUT2D eigenvalue weighted by Gasteiger charge is 2.49. The lowest BCUT2D eigenvalue weighted by Gasteiger charge is -2.41. The summed E-state index contributed by atoms with van der Waals surface area (Å²) < 4.78 is 21.7. The van der Waals surface area contributed by atoms with Crippen molar-refractivity contribution in [2.24, 2.45) is 0 Å². The summed E-state index contributed by atoms with van der Waals surface area (Å²) in [7, 11) is 0. The van der Waals surface area contributed by atoms with Crippen molar-refractivity contribution < 1.29 is 44.2 Å². The van der Waals surface area contributed by atoms with Gasteiger partial charge in [0.15, 0.2) is 18.5 Å². The first-order valence-electron chi connectivity index (χ1n) is 11.7. The van der Waals surface area contributed by atoms with Crippen molar-refractivity contribution in [2.75, 3.05) is 6.61 Å². The lowest BCUT2D eigenvalue weighted by atomic mass is 9.98. The second kappa shape index (κ2) is 12.3. The average Bonchev–Trinajstić information content (AvgIpc) is 2.84. The molecule has 1 heterocycles. The van der Waals surface area contributed by atoms with Gasteiger partial charge in [0.25, 0.3) is 0 Å². The Morgan fingerprint density at radius 2 is 1.66 bits per heavy atom. The third-order valence-corrected chi connectivity index (χ3v) is 5.78. The van der Waals surface area contributed by atoms with Gasteiger partial charge in [0.1, 0.15) is 18.0 Å². The van der Waals surface area contributed by atoms with E-state index in [1.165, 1.54) is 5.56 Å². The number of carbonyl (C=O) groups excluding carboxylic acids is 1. The molecule has 2 aromatic rings. The fraction of sp³-hybridized carbons (Fsp3) is 0.500. The molecule has 0 spiro atoms. The standard InChI is InChI=1S/C26H34O9/c1-4-16-5-7-17(8-6-16)11-19-10-9-18(13-27)12-20(19)33-24-23(35-26(31)32-15(2)3)22(29)21(14-28)34-25(24)30/h5-10,12,15,21-25,27-30H,4,11,13-14H2,1-3H3/t21-,22-,23+,24-,25-/m1/s1. The van der Waals surface area contributed by atoms with E-state index in [2.05, 4.69) is 6.92 Å². The minimum atomic E-state index is -1.62. The molecule has 0 aliphatic carbocycles. The van der Waals surface area contributed by atoms with Crippen LogP contribution in [0.5, 0.6) is 5.75 Å². The summed E-state index contributed by atoms with van der Waals surface area (Å²) in [5.41, 5.74) is 3.56. The maximum atomic E-state index is 12.2. The molecule has 1 fully saturated rings. The van der Waals surface area contributed by atoms with Crippen LogP contribution in [-0.4, -0.2) is 70.0 Å². The van der Waals surface area contributed by atoms with Crippen molar-refractivity contribution in [3.05, 3.63) is 64.7 Å². The molecular weight excluding hydrogens is 456 g/mol. The molecule has 2 aromatic carbocycles. The molecule has 9 heteroatoms. The van der Waals surface area contributed by atoms with E-state index in [0.29, 0.717) is 17.7 Å². The molecule has 0 saturated carbocycles. The monoisotopic (exact) mass is 490 g/mol. The van der Waals surface area contributed by atoms with E-state index in [1.54, 1.807) is 32.0 Å². The minimum Gasteiger partial charge on any atom is -0.481 e. The number of ether oxygens (including phenoxy) is 4. The topological polar surface area (TPSA) is 135 Å². The van der Waals surface area contributed by atoms with Crippen LogP contribution in [0.15, 0.2) is 42.5 Å². The Labute approximate surface area is 204 Å². The lowest BCUT2D eigenvalue weighted by Crippen LogP contribution is -2.61. The van der Waals surface area contributed by atoms with Crippen molar-refractivity contribution >= 4 is 6.16 Å². The molecule has 0 bridgehead atoms. The first-order valence-corrected chi connectivity index (χ1v) is 11.7. The van der Waals surface area contributed by atoms with Crippen LogP contribution in [0, 0.1) is 0 Å². The summed E-state index contributed by atoms with van der Waals surface area (Å²) in [6.45, 7) is 4.52. The van der Waals surface area contributed by atoms with E-state index >= 15 is 0 Å². The molecule has 0 amide bonds. The van der Waals surface area contributed by atoms with Crippen LogP contribution in [0.3, 0.4) is 0 Å². The van der Waals surface area contributed by atoms with Crippen LogP contribution in [0.2, 0.25) is 0 Å². The number of aliphatic hydroxyl groups excluding tert-OH is 4. The molecule has 0 unspecified atom stereocenters. The quantitative estimate of drug-likeness (QED) is 0.390. The van der Waals surface area contributed by atoms with Crippen LogP contribution < -0.4 is 4.74 Å². The first-order chi connectivity index (χ1) is 16.7. The van der Waals surface area contributed by atoms with Gasteiger partial charge >= 0.3 is 6.16 Å². The van der Waals surface area contributed by atoms with Gasteiger partial charge in [0, 0.05) is 6.42 Å². The normalized spacial score (nSPS) is 24.3. The van der Waals surface area contributed by atoms with Gasteiger partial charge in [-0.3, -0.25) is 0 Å². The Balaban J connectivity index is 1.90. The largest absolute Gasteiger partial charge is 0.509 e. The number of carbonyl (C=O) groups is 1. The smallest absolute Gasteiger partial charge is 0.481 e. The van der Waals surface area contributed by atoms with Gasteiger partial charge < -0.3 is 39.4 Å². The van der Waals surface area contributed by atoms with Crippen molar-refractivity contribution in [3.63, 3.8) is 0 Å². The van der Waals surface area contributed by atoms with Gasteiger partial charge in [0.05, 0.1) is 19.3 Å². The van der Waals surface area contributed by atoms with Crippen molar-refractivity contribution in [1.82, 2.24) is 0 Å². The summed E-state index contributed by atoms with van der Waals surface area (Å²) >= 11 is 0. The summed E-state index contributed by atoms with van der Waals surface area (Å²) in [5, 5.41) is 40.5. The summed E-state index contributed by atoms with van der Waals surface area (Å²) in [6, 6.07) is 13.3. The molecule has 4 N–H and O–H groups in total. The van der Waals surface area contributed by atoms with E-state index in [0.717, 1.165) is 17.5 Å². The molecular formula is C26H34O9. The number of aryl methyl sites for hydroxylation is 1. The number of aliphatic hydroxyl groups is 4. The third-order valence-electron chi connectivity index (χ3n) is 5.78. The van der Waals surface area contributed by atoms with Crippen LogP contribution in [0.1, 0.15) is 43.0 Å². The van der Waals surface area contributed by atoms with Crippen LogP contribution in [-0.2, 0) is 33.7 Å². The second-order valence-electron chi connectivity index (χ2n) is 8.77. The molecule has 5 atom stereocenters. The first kappa shape index (κ1) is 26.9. The molecule has 35 heavy (non-hydrogen) atoms. The van der Waals surface area contributed by atoms with Crippen molar-refractivity contribution in [3.8, 4) is 5.75 Å². The number of hydrogen-bond donors (Lipinski definition) is 4. The van der Waals surface area contributed by atoms with Gasteiger partial charge in [-0.15, -0.1) is 0 Å². The van der Waals surface area contributed by atoms with E-state index < -0.39 is 49.6 Å². The zero-order chi connectivity index (χ0) is 25.5. The maximum Gasteiger partial charge on any atom is 0.509 e. The van der Waals surface area contributed by atoms with Gasteiger partial charge in [-0.2, -0.15) is 0 Å². The Kier molecular flexibility index (Phi) is 9.47. The van der Waals surface area contributed by atoms with Gasteiger partial charge in [0.2, 0.25) is 0 Å². The second-order valence-corrected chi connectivity index (χ2v) is 8.77. The molecule has 1 saturated heterocycles. The Hall–Kier alpha value is -2.69. The fourth-order valence-electron chi connectivity index (χ4n) is 3.86. The summed E-state index contributed by atoms with van der Waals surface area (Å²) in [5.74, 6) is 0.323. The highest BCUT2D eigenvalue weighted by Crippen LogP contribution is 2.31. The van der Waals surface area contributed by atoms with E-state index in [1.807, 2.05) is 24.3 Å². The van der Waals surface area contributed by atoms with Gasteiger partial charge in [-0.05, 0) is 48.6 Å². The predicted molar refractivity (Wildman–Crippen MR) is 126 cm³/mol. The Morgan fingerprint density at radius 3 is 2.26 bits per heavy atom. The highest BCUT2D eigenvalue weighted by molar-refractivity contribution is 5.60. The van der Waals surface area contributed by atoms with Crippen molar-refractivity contribution in [2.45, 2.75) is 77.0 Å². The highest BCUT2D eigenvalue weighted by atomic mass is 16.7. The number of rotatable bonds is 9. The number of hydrogen-bond acceptors (Lipinski definition) is 9. The predicted octanol–water partition coefficient (Wildman–Crippen LogP) is 2.08. The van der Waals surface area contributed by atoms with Crippen molar-refractivity contribution in [1.29, 1.82) is 0 Å². The summed E-state index contributed by atoms with van der Waals surface area (Å²) in [4.78, 5) is 12.2. The molecule has 3 rings (SSSR count). The Morgan fingerprint density at radius 1 is 1.00 bits per heavy atom. The van der Waals surface area contributed by atoms with Crippen LogP contribution in [0.4, 0.5) is 4.79 Å². The molecule has 0 aromatic heterocycles. The third kappa shape index (κ3) is 6.93. The zero-order valence-electron chi connectivity index (χ0n) is 20.2. The summed E-state index contributed by atoms with van der Waals surface area (Å²) in [6.07, 6.45) is -7.12. The number of benzene rings is 2. The average molecular weight is 491 g/mol. The maximum absolute atomic E-state index is 12.2. The molecule has 1 aliphatic rings. The molecule has 192 valence electrons. The van der Waals surface area contributed by atoms with Gasteiger partial charge in [-0.25, -0.2) is 4.79 Å². The fourth-order valence-corrected chi connectivity index (χ4v) is 3.86. The lowest BCUT2D eigenvalue weighted by molar-refractivity contribution is -0.282. The molecule has 9 nitrogen and oxygen atoms in total. The van der Waals surface area contributed by atoms with E-state index in [-0.39, 0.29) is 6.61 Å². The molecule has 1 aliphatic heterocycles. The van der Waals surface area contributed by atoms with Crippen LogP contribution in [0.25, 0.3) is 0 Å².